The molecule has 0 saturated heterocycles. The predicted octanol–water partition coefficient (Wildman–Crippen LogP) is 3.73. The van der Waals surface area contributed by atoms with E-state index in [1.165, 1.54) is 18.2 Å². The molecule has 0 radical (unpaired) electrons. The Morgan fingerprint density at radius 3 is 2.54 bits per heavy atom. The number of amides is 1. The Labute approximate surface area is 137 Å². The number of benzene rings is 2. The zero-order valence-electron chi connectivity index (χ0n) is 13.3. The summed E-state index contributed by atoms with van der Waals surface area (Å²) in [5.74, 6) is -0.869. The van der Waals surface area contributed by atoms with Crippen molar-refractivity contribution in [3.8, 4) is 0 Å². The van der Waals surface area contributed by atoms with E-state index in [2.05, 4.69) is 5.32 Å². The summed E-state index contributed by atoms with van der Waals surface area (Å²) in [6, 6.07) is 12.4. The van der Waals surface area contributed by atoms with E-state index in [9.17, 15) is 14.0 Å². The van der Waals surface area contributed by atoms with Crippen LogP contribution in [0.5, 0.6) is 0 Å². The number of hydrogen-bond donors (Lipinski definition) is 1. The molecule has 1 heterocycles. The van der Waals surface area contributed by atoms with E-state index in [-0.39, 0.29) is 17.4 Å². The molecule has 2 aromatic carbocycles. The molecule has 3 rings (SSSR count). The van der Waals surface area contributed by atoms with Gasteiger partial charge in [0.2, 0.25) is 0 Å². The van der Waals surface area contributed by atoms with Gasteiger partial charge >= 0.3 is 5.63 Å². The number of carbonyl (C=O) groups is 1. The van der Waals surface area contributed by atoms with E-state index < -0.39 is 11.5 Å². The van der Waals surface area contributed by atoms with Gasteiger partial charge in [-0.25, -0.2) is 9.18 Å². The van der Waals surface area contributed by atoms with Gasteiger partial charge in [-0.3, -0.25) is 4.79 Å². The summed E-state index contributed by atoms with van der Waals surface area (Å²) >= 11 is 0. The summed E-state index contributed by atoms with van der Waals surface area (Å²) in [6.45, 7) is 3.68. The van der Waals surface area contributed by atoms with Crippen LogP contribution in [-0.2, 0) is 0 Å². The SMILES string of the molecule is Cc1ccc2oc(=O)c(C(=O)NC(C)c3ccc(F)cc3)cc2c1. The van der Waals surface area contributed by atoms with Crippen molar-refractivity contribution in [2.45, 2.75) is 19.9 Å². The first-order chi connectivity index (χ1) is 11.4. The Morgan fingerprint density at radius 2 is 1.83 bits per heavy atom. The van der Waals surface area contributed by atoms with E-state index in [0.29, 0.717) is 11.0 Å². The summed E-state index contributed by atoms with van der Waals surface area (Å²) in [4.78, 5) is 24.4. The molecule has 1 N–H and O–H groups in total. The zero-order valence-corrected chi connectivity index (χ0v) is 13.3. The molecule has 0 saturated carbocycles. The van der Waals surface area contributed by atoms with Gasteiger partial charge in [0.15, 0.2) is 0 Å². The fraction of sp³-hybridized carbons (Fsp3) is 0.158. The van der Waals surface area contributed by atoms with Gasteiger partial charge in [-0.1, -0.05) is 23.8 Å². The van der Waals surface area contributed by atoms with Crippen LogP contribution in [0.15, 0.2) is 57.7 Å². The van der Waals surface area contributed by atoms with Gasteiger partial charge in [-0.15, -0.1) is 0 Å². The highest BCUT2D eigenvalue weighted by molar-refractivity contribution is 5.96. The van der Waals surface area contributed by atoms with Gasteiger partial charge in [0.05, 0.1) is 6.04 Å². The van der Waals surface area contributed by atoms with Crippen molar-refractivity contribution in [1.82, 2.24) is 5.32 Å². The lowest BCUT2D eigenvalue weighted by Gasteiger charge is -2.14. The first-order valence-corrected chi connectivity index (χ1v) is 7.55. The van der Waals surface area contributed by atoms with Gasteiger partial charge in [0.25, 0.3) is 5.91 Å². The first-order valence-electron chi connectivity index (χ1n) is 7.55. The highest BCUT2D eigenvalue weighted by atomic mass is 19.1. The molecule has 1 unspecified atom stereocenters. The van der Waals surface area contributed by atoms with Gasteiger partial charge in [-0.05, 0) is 49.7 Å². The van der Waals surface area contributed by atoms with Crippen molar-refractivity contribution in [3.63, 3.8) is 0 Å². The normalized spacial score (nSPS) is 12.1. The molecule has 122 valence electrons. The Balaban J connectivity index is 1.89. The Morgan fingerprint density at radius 1 is 1.12 bits per heavy atom. The number of halogens is 1. The standard InChI is InChI=1S/C19H16FNO3/c1-11-3-8-17-14(9-11)10-16(19(23)24-17)18(22)21-12(2)13-4-6-15(20)7-5-13/h3-10,12H,1-2H3,(H,21,22). The first kappa shape index (κ1) is 15.9. The van der Waals surface area contributed by atoms with Crippen LogP contribution >= 0.6 is 0 Å². The Kier molecular flexibility index (Phi) is 4.16. The van der Waals surface area contributed by atoms with Gasteiger partial charge in [0, 0.05) is 5.39 Å². The summed E-state index contributed by atoms with van der Waals surface area (Å²) < 4.78 is 18.2. The largest absolute Gasteiger partial charge is 0.422 e. The number of carbonyl (C=O) groups excluding carboxylic acids is 1. The molecule has 24 heavy (non-hydrogen) atoms. The second-order valence-corrected chi connectivity index (χ2v) is 5.74. The molecule has 0 aliphatic rings. The smallest absolute Gasteiger partial charge is 0.349 e. The van der Waals surface area contributed by atoms with E-state index in [0.717, 1.165) is 11.1 Å². The molecule has 1 amide bonds. The molecular weight excluding hydrogens is 309 g/mol. The molecule has 0 aliphatic heterocycles. The van der Waals surface area contributed by atoms with Crippen LogP contribution in [-0.4, -0.2) is 5.91 Å². The predicted molar refractivity (Wildman–Crippen MR) is 89.5 cm³/mol. The van der Waals surface area contributed by atoms with E-state index in [1.54, 1.807) is 25.1 Å². The minimum Gasteiger partial charge on any atom is -0.422 e. The average molecular weight is 325 g/mol. The van der Waals surface area contributed by atoms with E-state index in [4.69, 9.17) is 4.42 Å². The Hall–Kier alpha value is -2.95. The summed E-state index contributed by atoms with van der Waals surface area (Å²) in [5.41, 5.74) is 1.44. The lowest BCUT2D eigenvalue weighted by Crippen LogP contribution is -2.30. The lowest BCUT2D eigenvalue weighted by atomic mass is 10.1. The molecule has 0 fully saturated rings. The second-order valence-electron chi connectivity index (χ2n) is 5.74. The van der Waals surface area contributed by atoms with E-state index in [1.807, 2.05) is 19.1 Å². The zero-order chi connectivity index (χ0) is 17.3. The fourth-order valence-corrected chi connectivity index (χ4v) is 2.51. The van der Waals surface area contributed by atoms with Crippen molar-refractivity contribution in [2.75, 3.05) is 0 Å². The van der Waals surface area contributed by atoms with Crippen LogP contribution in [0.25, 0.3) is 11.0 Å². The third kappa shape index (κ3) is 3.20. The number of fused-ring (bicyclic) bond motifs is 1. The Bertz CT molecular complexity index is 961. The van der Waals surface area contributed by atoms with Crippen LogP contribution in [0.1, 0.15) is 34.5 Å². The average Bonchev–Trinajstić information content (AvgIpc) is 2.55. The lowest BCUT2D eigenvalue weighted by molar-refractivity contribution is 0.0936. The van der Waals surface area contributed by atoms with Crippen LogP contribution in [0.3, 0.4) is 0 Å². The third-order valence-corrected chi connectivity index (χ3v) is 3.85. The maximum Gasteiger partial charge on any atom is 0.349 e. The van der Waals surface area contributed by atoms with Crippen LogP contribution in [0.2, 0.25) is 0 Å². The molecule has 3 aromatic rings. The maximum atomic E-state index is 13.0. The van der Waals surface area contributed by atoms with Crippen molar-refractivity contribution in [1.29, 1.82) is 0 Å². The quantitative estimate of drug-likeness (QED) is 0.746. The van der Waals surface area contributed by atoms with Crippen LogP contribution < -0.4 is 10.9 Å². The highest BCUT2D eigenvalue weighted by Crippen LogP contribution is 2.17. The number of rotatable bonds is 3. The molecule has 1 aromatic heterocycles. The van der Waals surface area contributed by atoms with Crippen LogP contribution in [0.4, 0.5) is 4.39 Å². The van der Waals surface area contributed by atoms with Gasteiger partial charge in [-0.2, -0.15) is 0 Å². The molecule has 0 spiro atoms. The molecule has 5 heteroatoms. The second kappa shape index (κ2) is 6.28. The minimum atomic E-state index is -0.685. The third-order valence-electron chi connectivity index (χ3n) is 3.85. The van der Waals surface area contributed by atoms with Crippen molar-refractivity contribution < 1.29 is 13.6 Å². The monoisotopic (exact) mass is 325 g/mol. The topological polar surface area (TPSA) is 59.3 Å². The molecule has 0 bridgehead atoms. The van der Waals surface area contributed by atoms with Crippen molar-refractivity contribution in [3.05, 3.63) is 81.5 Å². The summed E-state index contributed by atoms with van der Waals surface area (Å²) in [7, 11) is 0. The summed E-state index contributed by atoms with van der Waals surface area (Å²) in [5, 5.41) is 3.42. The number of aryl methyl sites for hydroxylation is 1. The van der Waals surface area contributed by atoms with Crippen molar-refractivity contribution in [2.24, 2.45) is 0 Å². The van der Waals surface area contributed by atoms with Crippen molar-refractivity contribution >= 4 is 16.9 Å². The van der Waals surface area contributed by atoms with E-state index >= 15 is 0 Å². The number of nitrogens with one attached hydrogen (secondary N) is 1. The molecule has 0 aliphatic carbocycles. The fourth-order valence-electron chi connectivity index (χ4n) is 2.51. The maximum absolute atomic E-state index is 13.0. The molecule has 1 atom stereocenters. The molecular formula is C19H16FNO3. The van der Waals surface area contributed by atoms with Gasteiger partial charge in [0.1, 0.15) is 17.0 Å². The molecule has 4 nitrogen and oxygen atoms in total. The van der Waals surface area contributed by atoms with Gasteiger partial charge < -0.3 is 9.73 Å². The number of hydrogen-bond acceptors (Lipinski definition) is 3. The summed E-state index contributed by atoms with van der Waals surface area (Å²) in [6.07, 6.45) is 0. The minimum absolute atomic E-state index is 0.0536. The highest BCUT2D eigenvalue weighted by Gasteiger charge is 2.16. The van der Waals surface area contributed by atoms with Crippen LogP contribution in [0, 0.1) is 12.7 Å².